The Bertz CT molecular complexity index is 650. The van der Waals surface area contributed by atoms with Gasteiger partial charge in [0.2, 0.25) is 5.91 Å². The third-order valence-electron chi connectivity index (χ3n) is 4.21. The molecule has 0 spiro atoms. The average Bonchev–Trinajstić information content (AvgIpc) is 3.00. The molecule has 0 radical (unpaired) electrons. The predicted octanol–water partition coefficient (Wildman–Crippen LogP) is 2.60. The minimum atomic E-state index is -0.142. The molecule has 0 aliphatic carbocycles. The second kappa shape index (κ2) is 7.10. The van der Waals surface area contributed by atoms with Gasteiger partial charge in [-0.05, 0) is 26.0 Å². The van der Waals surface area contributed by atoms with E-state index in [-0.39, 0.29) is 11.9 Å². The van der Waals surface area contributed by atoms with Gasteiger partial charge in [-0.2, -0.15) is 0 Å². The van der Waals surface area contributed by atoms with Crippen molar-refractivity contribution in [2.24, 2.45) is 0 Å². The smallest absolute Gasteiger partial charge is 0.243 e. The molecule has 1 fully saturated rings. The molecule has 1 saturated heterocycles. The maximum absolute atomic E-state index is 12.4. The van der Waals surface area contributed by atoms with Crippen LogP contribution in [0.15, 0.2) is 35.7 Å². The number of anilines is 2. The zero-order chi connectivity index (χ0) is 16.2. The lowest BCUT2D eigenvalue weighted by Crippen LogP contribution is -2.52. The fraction of sp³-hybridized carbons (Fsp3) is 0.412. The van der Waals surface area contributed by atoms with Crippen LogP contribution in [0.4, 0.5) is 10.8 Å². The topological polar surface area (TPSA) is 48.5 Å². The molecule has 1 amide bonds. The number of piperazine rings is 1. The van der Waals surface area contributed by atoms with E-state index in [2.05, 4.69) is 44.4 Å². The normalized spacial score (nSPS) is 17.0. The maximum Gasteiger partial charge on any atom is 0.243 e. The summed E-state index contributed by atoms with van der Waals surface area (Å²) in [7, 11) is 0. The van der Waals surface area contributed by atoms with Gasteiger partial charge in [-0.1, -0.05) is 18.2 Å². The Morgan fingerprint density at radius 2 is 1.91 bits per heavy atom. The molecule has 1 aliphatic heterocycles. The number of aromatic nitrogens is 1. The van der Waals surface area contributed by atoms with E-state index < -0.39 is 0 Å². The number of thiazole rings is 1. The Labute approximate surface area is 140 Å². The summed E-state index contributed by atoms with van der Waals surface area (Å²) < 4.78 is 0. The van der Waals surface area contributed by atoms with E-state index in [9.17, 15) is 4.79 Å². The van der Waals surface area contributed by atoms with E-state index in [0.29, 0.717) is 5.13 Å². The van der Waals surface area contributed by atoms with Crippen LogP contribution in [0.25, 0.3) is 0 Å². The van der Waals surface area contributed by atoms with Crippen LogP contribution in [0.3, 0.4) is 0 Å². The predicted molar refractivity (Wildman–Crippen MR) is 95.2 cm³/mol. The molecule has 5 nitrogen and oxygen atoms in total. The van der Waals surface area contributed by atoms with E-state index in [1.165, 1.54) is 17.0 Å². The Morgan fingerprint density at radius 3 is 2.52 bits per heavy atom. The molecule has 0 bridgehead atoms. The Hall–Kier alpha value is -1.92. The summed E-state index contributed by atoms with van der Waals surface area (Å²) in [5.74, 6) is 0.0208. The number of rotatable bonds is 4. The van der Waals surface area contributed by atoms with Gasteiger partial charge in [0.15, 0.2) is 5.13 Å². The first kappa shape index (κ1) is 16.0. The number of carbonyl (C=O) groups is 1. The second-order valence-corrected chi connectivity index (χ2v) is 6.68. The lowest BCUT2D eigenvalue weighted by molar-refractivity contribution is -0.120. The van der Waals surface area contributed by atoms with E-state index in [4.69, 9.17) is 0 Å². The fourth-order valence-electron chi connectivity index (χ4n) is 2.79. The van der Waals surface area contributed by atoms with Gasteiger partial charge in [0.25, 0.3) is 0 Å². The summed E-state index contributed by atoms with van der Waals surface area (Å²) in [5.41, 5.74) is 2.19. The molecule has 3 rings (SSSR count). The summed E-state index contributed by atoms with van der Waals surface area (Å²) in [6.45, 7) is 7.56. The van der Waals surface area contributed by atoms with Crippen molar-refractivity contribution in [3.05, 3.63) is 41.4 Å². The minimum Gasteiger partial charge on any atom is -0.369 e. The Morgan fingerprint density at radius 1 is 1.22 bits per heavy atom. The van der Waals surface area contributed by atoms with E-state index in [0.717, 1.165) is 31.9 Å². The molecular formula is C17H22N4OS. The van der Waals surface area contributed by atoms with Crippen molar-refractivity contribution in [2.75, 3.05) is 36.4 Å². The van der Waals surface area contributed by atoms with Gasteiger partial charge in [0.05, 0.1) is 11.7 Å². The summed E-state index contributed by atoms with van der Waals surface area (Å²) in [5, 5.41) is 5.54. The van der Waals surface area contributed by atoms with Crippen molar-refractivity contribution in [3.8, 4) is 0 Å². The van der Waals surface area contributed by atoms with Crippen molar-refractivity contribution >= 4 is 28.1 Å². The number of hydrogen-bond donors (Lipinski definition) is 1. The number of para-hydroxylation sites is 1. The number of benzene rings is 1. The molecule has 0 saturated carbocycles. The van der Waals surface area contributed by atoms with Crippen molar-refractivity contribution in [1.29, 1.82) is 0 Å². The first-order valence-electron chi connectivity index (χ1n) is 7.90. The molecule has 2 heterocycles. The quantitative estimate of drug-likeness (QED) is 0.936. The molecule has 1 aliphatic rings. The van der Waals surface area contributed by atoms with Crippen LogP contribution in [-0.4, -0.2) is 48.0 Å². The highest BCUT2D eigenvalue weighted by atomic mass is 32.1. The second-order valence-electron chi connectivity index (χ2n) is 5.82. The SMILES string of the molecule is Cc1csc(NC(=O)C(C)N2CCN(c3ccccc3)CC2)n1. The third kappa shape index (κ3) is 3.89. The molecule has 122 valence electrons. The van der Waals surface area contributed by atoms with Gasteiger partial charge in [0.1, 0.15) is 0 Å². The number of nitrogens with one attached hydrogen (secondary N) is 1. The molecule has 1 atom stereocenters. The molecule has 6 heteroatoms. The zero-order valence-electron chi connectivity index (χ0n) is 13.5. The lowest BCUT2D eigenvalue weighted by atomic mass is 10.2. The van der Waals surface area contributed by atoms with Crippen molar-refractivity contribution in [3.63, 3.8) is 0 Å². The molecule has 2 aromatic rings. The maximum atomic E-state index is 12.4. The molecule has 1 unspecified atom stereocenters. The highest BCUT2D eigenvalue weighted by molar-refractivity contribution is 7.13. The van der Waals surface area contributed by atoms with E-state index >= 15 is 0 Å². The van der Waals surface area contributed by atoms with Crippen molar-refractivity contribution in [2.45, 2.75) is 19.9 Å². The van der Waals surface area contributed by atoms with E-state index in [1.807, 2.05) is 25.3 Å². The van der Waals surface area contributed by atoms with Crippen LogP contribution in [0, 0.1) is 6.92 Å². The largest absolute Gasteiger partial charge is 0.369 e. The molecule has 1 N–H and O–H groups in total. The number of carbonyl (C=O) groups excluding carboxylic acids is 1. The summed E-state index contributed by atoms with van der Waals surface area (Å²) in [6, 6.07) is 10.3. The third-order valence-corrected chi connectivity index (χ3v) is 5.09. The number of amides is 1. The van der Waals surface area contributed by atoms with Gasteiger partial charge in [-0.25, -0.2) is 4.98 Å². The van der Waals surface area contributed by atoms with E-state index in [1.54, 1.807) is 0 Å². The van der Waals surface area contributed by atoms with Crippen LogP contribution in [0.1, 0.15) is 12.6 Å². The standard InChI is InChI=1S/C17H22N4OS/c1-13-12-23-17(18-13)19-16(22)14(2)20-8-10-21(11-9-20)15-6-4-3-5-7-15/h3-7,12,14H,8-11H2,1-2H3,(H,18,19,22). The van der Waals surface area contributed by atoms with Gasteiger partial charge < -0.3 is 10.2 Å². The number of nitrogens with zero attached hydrogens (tertiary/aromatic N) is 3. The highest BCUT2D eigenvalue weighted by Crippen LogP contribution is 2.18. The average molecular weight is 330 g/mol. The Kier molecular flexibility index (Phi) is 4.93. The van der Waals surface area contributed by atoms with Crippen molar-refractivity contribution < 1.29 is 4.79 Å². The minimum absolute atomic E-state index is 0.0208. The van der Waals surface area contributed by atoms with Gasteiger partial charge >= 0.3 is 0 Å². The first-order valence-corrected chi connectivity index (χ1v) is 8.78. The molecule has 23 heavy (non-hydrogen) atoms. The number of aryl methyl sites for hydroxylation is 1. The molecular weight excluding hydrogens is 308 g/mol. The fourth-order valence-corrected chi connectivity index (χ4v) is 3.48. The van der Waals surface area contributed by atoms with Gasteiger partial charge in [-0.3, -0.25) is 9.69 Å². The lowest BCUT2D eigenvalue weighted by Gasteiger charge is -2.38. The first-order chi connectivity index (χ1) is 11.1. The zero-order valence-corrected chi connectivity index (χ0v) is 14.3. The van der Waals surface area contributed by atoms with Gasteiger partial charge in [0, 0.05) is 37.2 Å². The monoisotopic (exact) mass is 330 g/mol. The highest BCUT2D eigenvalue weighted by Gasteiger charge is 2.26. The van der Waals surface area contributed by atoms with Crippen LogP contribution in [-0.2, 0) is 4.79 Å². The Balaban J connectivity index is 1.53. The van der Waals surface area contributed by atoms with Gasteiger partial charge in [-0.15, -0.1) is 11.3 Å². The van der Waals surface area contributed by atoms with Crippen LogP contribution in [0.2, 0.25) is 0 Å². The van der Waals surface area contributed by atoms with Crippen LogP contribution >= 0.6 is 11.3 Å². The van der Waals surface area contributed by atoms with Crippen LogP contribution in [0.5, 0.6) is 0 Å². The molecule has 1 aromatic heterocycles. The summed E-state index contributed by atoms with van der Waals surface area (Å²) in [6.07, 6.45) is 0. The van der Waals surface area contributed by atoms with Crippen molar-refractivity contribution in [1.82, 2.24) is 9.88 Å². The molecule has 1 aromatic carbocycles. The summed E-state index contributed by atoms with van der Waals surface area (Å²) >= 11 is 1.47. The van der Waals surface area contributed by atoms with Crippen LogP contribution < -0.4 is 10.2 Å². The summed E-state index contributed by atoms with van der Waals surface area (Å²) in [4.78, 5) is 21.3. The number of hydrogen-bond acceptors (Lipinski definition) is 5.